The highest BCUT2D eigenvalue weighted by molar-refractivity contribution is 5.79. The zero-order valence-electron chi connectivity index (χ0n) is 11.3. The first-order valence-electron chi connectivity index (χ1n) is 6.31. The van der Waals surface area contributed by atoms with Crippen LogP contribution in [0.25, 0.3) is 0 Å². The normalized spacial score (nSPS) is 16.6. The topological polar surface area (TPSA) is 46.6 Å². The first-order chi connectivity index (χ1) is 7.81. The number of carbonyl (C=O) groups excluding carboxylic acids is 2. The molecule has 0 unspecified atom stereocenters. The Balaban J connectivity index is 2.23. The molecule has 0 aliphatic carbocycles. The fourth-order valence-electron chi connectivity index (χ4n) is 1.88. The third-order valence-corrected chi connectivity index (χ3v) is 2.65. The molecule has 0 bridgehead atoms. The summed E-state index contributed by atoms with van der Waals surface area (Å²) in [5, 5.41) is 0. The van der Waals surface area contributed by atoms with Crippen molar-refractivity contribution < 1.29 is 14.3 Å². The zero-order chi connectivity index (χ0) is 13.1. The van der Waals surface area contributed by atoms with Gasteiger partial charge in [-0.2, -0.15) is 0 Å². The summed E-state index contributed by atoms with van der Waals surface area (Å²) in [5.74, 6) is 0.642. The van der Waals surface area contributed by atoms with Gasteiger partial charge in [0.25, 0.3) is 0 Å². The molecule has 1 heterocycles. The molecule has 4 nitrogen and oxygen atoms in total. The molecule has 0 radical (unpaired) electrons. The van der Waals surface area contributed by atoms with Gasteiger partial charge in [0.1, 0.15) is 11.4 Å². The van der Waals surface area contributed by atoms with Gasteiger partial charge in [-0.25, -0.2) is 4.79 Å². The molecular weight excluding hydrogens is 218 g/mol. The first kappa shape index (κ1) is 14.0. The summed E-state index contributed by atoms with van der Waals surface area (Å²) >= 11 is 0. The third-order valence-electron chi connectivity index (χ3n) is 2.65. The largest absolute Gasteiger partial charge is 0.444 e. The lowest BCUT2D eigenvalue weighted by atomic mass is 9.93. The van der Waals surface area contributed by atoms with Crippen LogP contribution < -0.4 is 0 Å². The highest BCUT2D eigenvalue weighted by Crippen LogP contribution is 2.22. The van der Waals surface area contributed by atoms with Crippen LogP contribution in [0.1, 0.15) is 47.0 Å². The first-order valence-corrected chi connectivity index (χ1v) is 6.31. The molecule has 0 spiro atoms. The Morgan fingerprint density at radius 2 is 1.88 bits per heavy atom. The van der Waals surface area contributed by atoms with Gasteiger partial charge in [-0.1, -0.05) is 6.92 Å². The van der Waals surface area contributed by atoms with Crippen molar-refractivity contribution >= 4 is 11.9 Å². The summed E-state index contributed by atoms with van der Waals surface area (Å²) in [7, 11) is 0. The highest BCUT2D eigenvalue weighted by atomic mass is 16.6. The van der Waals surface area contributed by atoms with Crippen molar-refractivity contribution in [1.82, 2.24) is 4.90 Å². The Morgan fingerprint density at radius 1 is 1.29 bits per heavy atom. The van der Waals surface area contributed by atoms with Crippen LogP contribution in [0.3, 0.4) is 0 Å². The fraction of sp³-hybridized carbons (Fsp3) is 0.846. The van der Waals surface area contributed by atoms with Crippen LogP contribution in [0.5, 0.6) is 0 Å². The number of likely N-dealkylation sites (tertiary alicyclic amines) is 1. The van der Waals surface area contributed by atoms with E-state index in [0.717, 1.165) is 6.42 Å². The summed E-state index contributed by atoms with van der Waals surface area (Å²) in [6.07, 6.45) is 1.90. The van der Waals surface area contributed by atoms with E-state index in [9.17, 15) is 9.59 Å². The lowest BCUT2D eigenvalue weighted by Gasteiger charge is -2.39. The van der Waals surface area contributed by atoms with E-state index in [1.54, 1.807) is 4.90 Å². The van der Waals surface area contributed by atoms with Crippen LogP contribution in [-0.2, 0) is 9.53 Å². The van der Waals surface area contributed by atoms with E-state index < -0.39 is 5.60 Å². The highest BCUT2D eigenvalue weighted by Gasteiger charge is 2.34. The second-order valence-corrected chi connectivity index (χ2v) is 5.74. The molecule has 0 aromatic carbocycles. The van der Waals surface area contributed by atoms with E-state index in [0.29, 0.717) is 37.6 Å². The van der Waals surface area contributed by atoms with Crippen LogP contribution in [0.15, 0.2) is 0 Å². The average Bonchev–Trinajstić information content (AvgIpc) is 2.07. The lowest BCUT2D eigenvalue weighted by molar-refractivity contribution is -0.121. The standard InChI is InChI=1S/C13H23NO3/c1-5-6-11(15)7-10-8-14(9-10)12(16)17-13(2,3)4/h10H,5-9H2,1-4H3. The number of ketones is 1. The minimum absolute atomic E-state index is 0.267. The van der Waals surface area contributed by atoms with Gasteiger partial charge in [-0.15, -0.1) is 0 Å². The van der Waals surface area contributed by atoms with Crippen LogP contribution >= 0.6 is 0 Å². The number of amides is 1. The van der Waals surface area contributed by atoms with E-state index >= 15 is 0 Å². The fourth-order valence-corrected chi connectivity index (χ4v) is 1.88. The van der Waals surface area contributed by atoms with Gasteiger partial charge in [0.05, 0.1) is 0 Å². The Labute approximate surface area is 103 Å². The van der Waals surface area contributed by atoms with Crippen molar-refractivity contribution in [1.29, 1.82) is 0 Å². The molecule has 0 aromatic rings. The number of ether oxygens (including phenoxy) is 1. The predicted octanol–water partition coefficient (Wildman–Crippen LogP) is 2.61. The number of carbonyl (C=O) groups is 2. The number of nitrogens with zero attached hydrogens (tertiary/aromatic N) is 1. The molecule has 1 aliphatic rings. The Hall–Kier alpha value is -1.06. The molecular formula is C13H23NO3. The minimum atomic E-state index is -0.444. The molecule has 0 atom stereocenters. The molecule has 98 valence electrons. The van der Waals surface area contributed by atoms with Crippen molar-refractivity contribution in [3.63, 3.8) is 0 Å². The molecule has 1 amide bonds. The number of hydrogen-bond donors (Lipinski definition) is 0. The quantitative estimate of drug-likeness (QED) is 0.760. The molecule has 1 fully saturated rings. The zero-order valence-corrected chi connectivity index (χ0v) is 11.3. The van der Waals surface area contributed by atoms with E-state index in [1.807, 2.05) is 27.7 Å². The van der Waals surface area contributed by atoms with Crippen LogP contribution in [0, 0.1) is 5.92 Å². The van der Waals surface area contributed by atoms with Crippen molar-refractivity contribution in [2.24, 2.45) is 5.92 Å². The maximum atomic E-state index is 11.6. The van der Waals surface area contributed by atoms with Gasteiger partial charge in [-0.05, 0) is 27.2 Å². The second-order valence-electron chi connectivity index (χ2n) is 5.74. The molecule has 1 rings (SSSR count). The smallest absolute Gasteiger partial charge is 0.410 e. The van der Waals surface area contributed by atoms with Crippen molar-refractivity contribution in [3.05, 3.63) is 0 Å². The molecule has 0 aromatic heterocycles. The lowest BCUT2D eigenvalue weighted by Crippen LogP contribution is -2.52. The molecule has 0 N–H and O–H groups in total. The van der Waals surface area contributed by atoms with Gasteiger partial charge in [0.2, 0.25) is 0 Å². The minimum Gasteiger partial charge on any atom is -0.444 e. The van der Waals surface area contributed by atoms with Gasteiger partial charge in [0.15, 0.2) is 0 Å². The SMILES string of the molecule is CCCC(=O)CC1CN(C(=O)OC(C)(C)C)C1. The van der Waals surface area contributed by atoms with E-state index in [1.165, 1.54) is 0 Å². The summed E-state index contributed by atoms with van der Waals surface area (Å²) < 4.78 is 5.24. The van der Waals surface area contributed by atoms with Gasteiger partial charge in [-0.3, -0.25) is 4.79 Å². The number of hydrogen-bond acceptors (Lipinski definition) is 3. The van der Waals surface area contributed by atoms with E-state index in [4.69, 9.17) is 4.74 Å². The average molecular weight is 241 g/mol. The van der Waals surface area contributed by atoms with Gasteiger partial charge < -0.3 is 9.64 Å². The molecule has 1 saturated heterocycles. The third kappa shape index (κ3) is 4.75. The van der Waals surface area contributed by atoms with Gasteiger partial charge in [0, 0.05) is 31.8 Å². The maximum absolute atomic E-state index is 11.6. The van der Waals surface area contributed by atoms with Crippen LogP contribution in [-0.4, -0.2) is 35.5 Å². The van der Waals surface area contributed by atoms with Crippen molar-refractivity contribution in [2.45, 2.75) is 52.6 Å². The summed E-state index contributed by atoms with van der Waals surface area (Å²) in [5.41, 5.74) is -0.444. The summed E-state index contributed by atoms with van der Waals surface area (Å²) in [6.45, 7) is 8.88. The molecule has 4 heteroatoms. The molecule has 1 aliphatic heterocycles. The van der Waals surface area contributed by atoms with Crippen molar-refractivity contribution in [3.8, 4) is 0 Å². The monoisotopic (exact) mass is 241 g/mol. The second kappa shape index (κ2) is 5.52. The van der Waals surface area contributed by atoms with E-state index in [-0.39, 0.29) is 6.09 Å². The summed E-state index contributed by atoms with van der Waals surface area (Å²) in [6, 6.07) is 0. The molecule has 17 heavy (non-hydrogen) atoms. The summed E-state index contributed by atoms with van der Waals surface area (Å²) in [4.78, 5) is 24.7. The Bertz CT molecular complexity index is 288. The van der Waals surface area contributed by atoms with E-state index in [2.05, 4.69) is 0 Å². The van der Waals surface area contributed by atoms with Crippen LogP contribution in [0.2, 0.25) is 0 Å². The van der Waals surface area contributed by atoms with Crippen LogP contribution in [0.4, 0.5) is 4.79 Å². The van der Waals surface area contributed by atoms with Crippen molar-refractivity contribution in [2.75, 3.05) is 13.1 Å². The number of rotatable bonds is 4. The van der Waals surface area contributed by atoms with Gasteiger partial charge >= 0.3 is 6.09 Å². The Kier molecular flexibility index (Phi) is 4.54. The maximum Gasteiger partial charge on any atom is 0.410 e. The Morgan fingerprint density at radius 3 is 2.35 bits per heavy atom. The molecule has 0 saturated carbocycles. The predicted molar refractivity (Wildman–Crippen MR) is 65.8 cm³/mol. The number of Topliss-reactive ketones (excluding diaryl/α,β-unsaturated/α-hetero) is 1.